The van der Waals surface area contributed by atoms with Gasteiger partial charge in [0.25, 0.3) is 0 Å². The molecule has 3 N–H and O–H groups in total. The first-order valence-electron chi connectivity index (χ1n) is 6.72. The molecular weight excluding hydrogens is 252 g/mol. The molecule has 5 nitrogen and oxygen atoms in total. The van der Waals surface area contributed by atoms with Gasteiger partial charge in [-0.05, 0) is 25.0 Å². The van der Waals surface area contributed by atoms with E-state index in [9.17, 15) is 0 Å². The number of rotatable bonds is 6. The first-order chi connectivity index (χ1) is 9.76. The SMILES string of the molecule is CCCOc1ccccc1C(NN)c1ncc(C)cn1. The molecule has 0 radical (unpaired) electrons. The molecule has 0 spiro atoms. The summed E-state index contributed by atoms with van der Waals surface area (Å²) in [5.74, 6) is 7.12. The fraction of sp³-hybridized carbons (Fsp3) is 0.333. The van der Waals surface area contributed by atoms with Crippen LogP contribution in [0.1, 0.15) is 36.3 Å². The second-order valence-corrected chi connectivity index (χ2v) is 4.60. The third kappa shape index (κ3) is 3.31. The number of benzene rings is 1. The summed E-state index contributed by atoms with van der Waals surface area (Å²) in [4.78, 5) is 8.68. The Morgan fingerprint density at radius 2 is 1.95 bits per heavy atom. The van der Waals surface area contributed by atoms with Crippen LogP contribution in [0.4, 0.5) is 0 Å². The Morgan fingerprint density at radius 3 is 2.60 bits per heavy atom. The number of nitrogens with two attached hydrogens (primary N) is 1. The van der Waals surface area contributed by atoms with Crippen molar-refractivity contribution in [1.82, 2.24) is 15.4 Å². The molecule has 1 atom stereocenters. The molecule has 0 aliphatic rings. The number of ether oxygens (including phenoxy) is 1. The summed E-state index contributed by atoms with van der Waals surface area (Å²) in [6, 6.07) is 7.51. The second kappa shape index (κ2) is 6.98. The lowest BCUT2D eigenvalue weighted by Crippen LogP contribution is -2.30. The lowest BCUT2D eigenvalue weighted by atomic mass is 10.1. The van der Waals surface area contributed by atoms with Crippen LogP contribution in [0.3, 0.4) is 0 Å². The summed E-state index contributed by atoms with van der Waals surface area (Å²) >= 11 is 0. The van der Waals surface area contributed by atoms with E-state index in [0.717, 1.165) is 23.3 Å². The largest absolute Gasteiger partial charge is 0.493 e. The molecule has 0 aliphatic heterocycles. The van der Waals surface area contributed by atoms with E-state index in [1.54, 1.807) is 12.4 Å². The van der Waals surface area contributed by atoms with Gasteiger partial charge in [0.1, 0.15) is 11.8 Å². The number of hydrogen-bond donors (Lipinski definition) is 2. The number of nitrogens with one attached hydrogen (secondary N) is 1. The van der Waals surface area contributed by atoms with Gasteiger partial charge in [0.15, 0.2) is 5.82 Å². The Kier molecular flexibility index (Phi) is 5.03. The van der Waals surface area contributed by atoms with Crippen LogP contribution in [0.2, 0.25) is 0 Å². The zero-order valence-electron chi connectivity index (χ0n) is 11.8. The van der Waals surface area contributed by atoms with Crippen LogP contribution in [0.5, 0.6) is 5.75 Å². The predicted octanol–water partition coefficient (Wildman–Crippen LogP) is 2.13. The zero-order valence-corrected chi connectivity index (χ0v) is 11.8. The van der Waals surface area contributed by atoms with E-state index in [1.165, 1.54) is 0 Å². The Labute approximate surface area is 119 Å². The highest BCUT2D eigenvalue weighted by Crippen LogP contribution is 2.27. The molecule has 106 valence electrons. The van der Waals surface area contributed by atoms with E-state index >= 15 is 0 Å². The van der Waals surface area contributed by atoms with Crippen LogP contribution in [-0.2, 0) is 0 Å². The fourth-order valence-corrected chi connectivity index (χ4v) is 1.92. The lowest BCUT2D eigenvalue weighted by Gasteiger charge is -2.18. The first-order valence-corrected chi connectivity index (χ1v) is 6.72. The van der Waals surface area contributed by atoms with Crippen LogP contribution in [0.15, 0.2) is 36.7 Å². The molecule has 0 saturated carbocycles. The topological polar surface area (TPSA) is 73.1 Å². The molecule has 1 unspecified atom stereocenters. The average Bonchev–Trinajstić information content (AvgIpc) is 2.49. The van der Waals surface area contributed by atoms with Gasteiger partial charge >= 0.3 is 0 Å². The number of para-hydroxylation sites is 1. The van der Waals surface area contributed by atoms with Crippen molar-refractivity contribution in [2.45, 2.75) is 26.3 Å². The van der Waals surface area contributed by atoms with Crippen molar-refractivity contribution in [3.63, 3.8) is 0 Å². The maximum atomic E-state index is 5.76. The molecule has 2 rings (SSSR count). The van der Waals surface area contributed by atoms with Crippen molar-refractivity contribution in [2.24, 2.45) is 5.84 Å². The van der Waals surface area contributed by atoms with Gasteiger partial charge in [0, 0.05) is 18.0 Å². The molecule has 0 saturated heterocycles. The fourth-order valence-electron chi connectivity index (χ4n) is 1.92. The highest BCUT2D eigenvalue weighted by atomic mass is 16.5. The maximum Gasteiger partial charge on any atom is 0.151 e. The van der Waals surface area contributed by atoms with E-state index in [-0.39, 0.29) is 6.04 Å². The van der Waals surface area contributed by atoms with Gasteiger partial charge < -0.3 is 4.74 Å². The maximum absolute atomic E-state index is 5.76. The molecule has 0 amide bonds. The lowest BCUT2D eigenvalue weighted by molar-refractivity contribution is 0.311. The van der Waals surface area contributed by atoms with Crippen LogP contribution in [0, 0.1) is 6.92 Å². The third-order valence-corrected chi connectivity index (χ3v) is 2.92. The molecule has 1 aromatic carbocycles. The molecule has 0 bridgehead atoms. The van der Waals surface area contributed by atoms with Crippen LogP contribution >= 0.6 is 0 Å². The quantitative estimate of drug-likeness (QED) is 0.622. The van der Waals surface area contributed by atoms with Crippen molar-refractivity contribution < 1.29 is 4.74 Å². The minimum atomic E-state index is -0.288. The van der Waals surface area contributed by atoms with Crippen molar-refractivity contribution in [2.75, 3.05) is 6.61 Å². The van der Waals surface area contributed by atoms with Crippen LogP contribution < -0.4 is 16.0 Å². The van der Waals surface area contributed by atoms with Crippen molar-refractivity contribution in [3.05, 3.63) is 53.6 Å². The monoisotopic (exact) mass is 272 g/mol. The summed E-state index contributed by atoms with van der Waals surface area (Å²) in [5.41, 5.74) is 4.72. The number of aryl methyl sites for hydroxylation is 1. The second-order valence-electron chi connectivity index (χ2n) is 4.60. The highest BCUT2D eigenvalue weighted by molar-refractivity contribution is 5.38. The number of hydrazine groups is 1. The van der Waals surface area contributed by atoms with Crippen LogP contribution in [0.25, 0.3) is 0 Å². The molecule has 1 heterocycles. The zero-order chi connectivity index (χ0) is 14.4. The number of hydrogen-bond acceptors (Lipinski definition) is 5. The Bertz CT molecular complexity index is 542. The minimum Gasteiger partial charge on any atom is -0.493 e. The van der Waals surface area contributed by atoms with E-state index < -0.39 is 0 Å². The Balaban J connectivity index is 2.33. The molecule has 1 aromatic heterocycles. The summed E-state index contributed by atoms with van der Waals surface area (Å²) in [6.07, 6.45) is 4.51. The molecule has 0 aliphatic carbocycles. The summed E-state index contributed by atoms with van der Waals surface area (Å²) in [7, 11) is 0. The van der Waals surface area contributed by atoms with Crippen molar-refractivity contribution in [1.29, 1.82) is 0 Å². The number of nitrogens with zero attached hydrogens (tertiary/aromatic N) is 2. The summed E-state index contributed by atoms with van der Waals surface area (Å²) < 4.78 is 5.76. The number of aromatic nitrogens is 2. The first kappa shape index (κ1) is 14.4. The molecule has 5 heteroatoms. The molecule has 20 heavy (non-hydrogen) atoms. The van der Waals surface area contributed by atoms with Gasteiger partial charge in [-0.25, -0.2) is 15.4 Å². The average molecular weight is 272 g/mol. The van der Waals surface area contributed by atoms with Gasteiger partial charge in [-0.1, -0.05) is 25.1 Å². The normalized spacial score (nSPS) is 12.2. The van der Waals surface area contributed by atoms with E-state index in [0.29, 0.717) is 12.4 Å². The van der Waals surface area contributed by atoms with Crippen molar-refractivity contribution >= 4 is 0 Å². The summed E-state index contributed by atoms with van der Waals surface area (Å²) in [5, 5.41) is 0. The van der Waals surface area contributed by atoms with E-state index in [2.05, 4.69) is 22.3 Å². The van der Waals surface area contributed by atoms with Gasteiger partial charge in [0.05, 0.1) is 6.61 Å². The Hall–Kier alpha value is -1.98. The molecule has 0 fully saturated rings. The molecule has 2 aromatic rings. The van der Waals surface area contributed by atoms with Gasteiger partial charge in [0.2, 0.25) is 0 Å². The van der Waals surface area contributed by atoms with E-state index in [4.69, 9.17) is 10.6 Å². The smallest absolute Gasteiger partial charge is 0.151 e. The van der Waals surface area contributed by atoms with Crippen LogP contribution in [-0.4, -0.2) is 16.6 Å². The van der Waals surface area contributed by atoms with E-state index in [1.807, 2.05) is 31.2 Å². The van der Waals surface area contributed by atoms with Crippen molar-refractivity contribution in [3.8, 4) is 5.75 Å². The predicted molar refractivity (Wildman–Crippen MR) is 78.2 cm³/mol. The highest BCUT2D eigenvalue weighted by Gasteiger charge is 2.19. The van der Waals surface area contributed by atoms with Gasteiger partial charge in [-0.2, -0.15) is 0 Å². The van der Waals surface area contributed by atoms with Gasteiger partial charge in [-0.3, -0.25) is 5.84 Å². The Morgan fingerprint density at radius 1 is 1.25 bits per heavy atom. The minimum absolute atomic E-state index is 0.288. The standard InChI is InChI=1S/C15H20N4O/c1-3-8-20-13-7-5-4-6-12(13)14(19-16)15-17-9-11(2)10-18-15/h4-7,9-10,14,19H,3,8,16H2,1-2H3. The molecular formula is C15H20N4O. The van der Waals surface area contributed by atoms with Gasteiger partial charge in [-0.15, -0.1) is 0 Å². The third-order valence-electron chi connectivity index (χ3n) is 2.92. The summed E-state index contributed by atoms with van der Waals surface area (Å²) in [6.45, 7) is 4.69.